The van der Waals surface area contributed by atoms with E-state index in [1.807, 2.05) is 84.9 Å². The van der Waals surface area contributed by atoms with Crippen LogP contribution in [0.3, 0.4) is 0 Å². The molecule has 184 valence electrons. The second kappa shape index (κ2) is 13.4. The maximum Gasteiger partial charge on any atom is 0.325 e. The van der Waals surface area contributed by atoms with Gasteiger partial charge in [0, 0.05) is 26.2 Å². The molecule has 4 nitrogen and oxygen atoms in total. The number of hydrogen-bond acceptors (Lipinski definition) is 4. The summed E-state index contributed by atoms with van der Waals surface area (Å²) < 4.78 is 5.89. The highest BCUT2D eigenvalue weighted by atomic mass is 16.5. The van der Waals surface area contributed by atoms with Crippen molar-refractivity contribution in [3.8, 4) is 0 Å². The molecular weight excluding hydrogens is 444 g/mol. The number of nitrogens with zero attached hydrogens (tertiary/aromatic N) is 2. The summed E-state index contributed by atoms with van der Waals surface area (Å²) in [6.45, 7) is 2.89. The average molecular weight is 479 g/mol. The van der Waals surface area contributed by atoms with Gasteiger partial charge in [0.2, 0.25) is 0 Å². The summed E-state index contributed by atoms with van der Waals surface area (Å²) in [4.78, 5) is 18.1. The normalized spacial score (nSPS) is 12.0. The Hall–Kier alpha value is -3.73. The minimum absolute atomic E-state index is 0.203. The summed E-state index contributed by atoms with van der Waals surface area (Å²) in [5.41, 5.74) is 4.54. The van der Waals surface area contributed by atoms with Gasteiger partial charge in [0.1, 0.15) is 12.6 Å². The minimum atomic E-state index is -0.428. The van der Waals surface area contributed by atoms with Crippen molar-refractivity contribution in [3.05, 3.63) is 144 Å². The summed E-state index contributed by atoms with van der Waals surface area (Å²) in [5, 5.41) is 0. The molecule has 0 aliphatic carbocycles. The lowest BCUT2D eigenvalue weighted by atomic mass is 10.1. The smallest absolute Gasteiger partial charge is 0.325 e. The fourth-order valence-corrected chi connectivity index (χ4v) is 4.33. The molecule has 0 spiro atoms. The van der Waals surface area contributed by atoms with Crippen LogP contribution in [0.5, 0.6) is 0 Å². The lowest BCUT2D eigenvalue weighted by Gasteiger charge is -2.33. The van der Waals surface area contributed by atoms with E-state index in [4.69, 9.17) is 4.74 Å². The summed E-state index contributed by atoms with van der Waals surface area (Å²) >= 11 is 0. The number of ether oxygens (including phenoxy) is 1. The lowest BCUT2D eigenvalue weighted by Crippen LogP contribution is -2.48. The van der Waals surface area contributed by atoms with E-state index < -0.39 is 6.04 Å². The molecule has 0 saturated carbocycles. The summed E-state index contributed by atoms with van der Waals surface area (Å²) in [6, 6.07) is 40.4. The summed E-state index contributed by atoms with van der Waals surface area (Å²) in [5.74, 6) is -0.203. The van der Waals surface area contributed by atoms with Gasteiger partial charge in [-0.1, -0.05) is 121 Å². The van der Waals surface area contributed by atoms with E-state index >= 15 is 0 Å². The van der Waals surface area contributed by atoms with E-state index in [2.05, 4.69) is 53.2 Å². The van der Waals surface area contributed by atoms with Crippen molar-refractivity contribution >= 4 is 5.97 Å². The molecule has 0 saturated heterocycles. The fraction of sp³-hybridized carbons (Fsp3) is 0.219. The van der Waals surface area contributed by atoms with Crippen LogP contribution in [0, 0.1) is 0 Å². The van der Waals surface area contributed by atoms with Gasteiger partial charge >= 0.3 is 5.97 Å². The molecule has 0 aromatic heterocycles. The zero-order chi connectivity index (χ0) is 25.0. The summed E-state index contributed by atoms with van der Waals surface area (Å²) in [6.07, 6.45) is 0. The number of esters is 1. The fourth-order valence-electron chi connectivity index (χ4n) is 4.33. The van der Waals surface area contributed by atoms with Crippen LogP contribution >= 0.6 is 0 Å². The SMILES string of the molecule is CN(Cc1ccccc1)C[C@H](C(=O)OCc1ccccc1)N(Cc1ccccc1)Cc1ccccc1. The highest BCUT2D eigenvalue weighted by Crippen LogP contribution is 2.17. The number of benzene rings is 4. The molecule has 4 aromatic carbocycles. The summed E-state index contributed by atoms with van der Waals surface area (Å²) in [7, 11) is 2.06. The Balaban J connectivity index is 1.57. The Kier molecular flexibility index (Phi) is 9.43. The predicted molar refractivity (Wildman–Crippen MR) is 145 cm³/mol. The van der Waals surface area contributed by atoms with Crippen LogP contribution in [0.25, 0.3) is 0 Å². The first-order valence-corrected chi connectivity index (χ1v) is 12.4. The maximum absolute atomic E-state index is 13.6. The Morgan fingerprint density at radius 2 is 1.00 bits per heavy atom. The molecule has 4 aromatic rings. The monoisotopic (exact) mass is 478 g/mol. The Morgan fingerprint density at radius 3 is 1.44 bits per heavy atom. The molecule has 0 heterocycles. The molecule has 36 heavy (non-hydrogen) atoms. The predicted octanol–water partition coefficient (Wildman–Crippen LogP) is 5.93. The van der Waals surface area contributed by atoms with Crippen LogP contribution in [0.2, 0.25) is 0 Å². The van der Waals surface area contributed by atoms with Crippen molar-refractivity contribution in [2.24, 2.45) is 0 Å². The Labute approximate surface area is 214 Å². The van der Waals surface area contributed by atoms with Gasteiger partial charge in [-0.15, -0.1) is 0 Å². The van der Waals surface area contributed by atoms with Crippen molar-refractivity contribution < 1.29 is 9.53 Å². The first-order valence-electron chi connectivity index (χ1n) is 12.4. The standard InChI is InChI=1S/C32H34N2O2/c1-33(22-27-14-6-2-7-15-27)25-31(32(35)36-26-30-20-12-5-13-21-30)34(23-28-16-8-3-9-17-28)24-29-18-10-4-11-19-29/h2-21,31H,22-26H2,1H3/t31-/m1/s1. The molecule has 4 rings (SSSR count). The molecule has 0 radical (unpaired) electrons. The number of rotatable bonds is 12. The van der Waals surface area contributed by atoms with Crippen LogP contribution in [0.1, 0.15) is 22.3 Å². The Bertz CT molecular complexity index is 1130. The topological polar surface area (TPSA) is 32.8 Å². The maximum atomic E-state index is 13.6. The second-order valence-electron chi connectivity index (χ2n) is 9.17. The van der Waals surface area contributed by atoms with Crippen molar-refractivity contribution in [2.75, 3.05) is 13.6 Å². The average Bonchev–Trinajstić information content (AvgIpc) is 2.92. The van der Waals surface area contributed by atoms with Crippen LogP contribution in [0.4, 0.5) is 0 Å². The van der Waals surface area contributed by atoms with Crippen LogP contribution in [-0.2, 0) is 35.8 Å². The highest BCUT2D eigenvalue weighted by molar-refractivity contribution is 5.76. The zero-order valence-corrected chi connectivity index (χ0v) is 20.9. The second-order valence-corrected chi connectivity index (χ2v) is 9.17. The van der Waals surface area contributed by atoms with E-state index in [0.29, 0.717) is 19.6 Å². The molecule has 0 fully saturated rings. The molecule has 0 aliphatic heterocycles. The van der Waals surface area contributed by atoms with Crippen LogP contribution < -0.4 is 0 Å². The number of carbonyl (C=O) groups is 1. The first kappa shape index (κ1) is 25.4. The van der Waals surface area contributed by atoms with E-state index in [1.165, 1.54) is 16.7 Å². The van der Waals surface area contributed by atoms with Gasteiger partial charge in [-0.05, 0) is 29.3 Å². The molecule has 0 bridgehead atoms. The van der Waals surface area contributed by atoms with Gasteiger partial charge in [0.25, 0.3) is 0 Å². The Morgan fingerprint density at radius 1 is 0.611 bits per heavy atom. The molecule has 0 aliphatic rings. The van der Waals surface area contributed by atoms with Crippen molar-refractivity contribution in [3.63, 3.8) is 0 Å². The quantitative estimate of drug-likeness (QED) is 0.236. The molecular formula is C32H34N2O2. The molecule has 4 heteroatoms. The van der Waals surface area contributed by atoms with Gasteiger partial charge in [0.05, 0.1) is 0 Å². The number of carbonyl (C=O) groups excluding carboxylic acids is 1. The third-order valence-corrected chi connectivity index (χ3v) is 6.17. The van der Waals surface area contributed by atoms with Crippen LogP contribution in [-0.4, -0.2) is 35.4 Å². The largest absolute Gasteiger partial charge is 0.460 e. The molecule has 1 atom stereocenters. The van der Waals surface area contributed by atoms with E-state index in [0.717, 1.165) is 12.1 Å². The molecule has 0 N–H and O–H groups in total. The third-order valence-electron chi connectivity index (χ3n) is 6.17. The number of hydrogen-bond donors (Lipinski definition) is 0. The minimum Gasteiger partial charge on any atom is -0.460 e. The van der Waals surface area contributed by atoms with E-state index in [1.54, 1.807) is 0 Å². The van der Waals surface area contributed by atoms with Crippen LogP contribution in [0.15, 0.2) is 121 Å². The molecule has 0 unspecified atom stereocenters. The lowest BCUT2D eigenvalue weighted by molar-refractivity contribution is -0.152. The van der Waals surface area contributed by atoms with Gasteiger partial charge in [0.15, 0.2) is 0 Å². The zero-order valence-electron chi connectivity index (χ0n) is 20.9. The van der Waals surface area contributed by atoms with E-state index in [-0.39, 0.29) is 12.6 Å². The first-order chi connectivity index (χ1) is 17.7. The molecule has 0 amide bonds. The van der Waals surface area contributed by atoms with Gasteiger partial charge in [-0.2, -0.15) is 0 Å². The van der Waals surface area contributed by atoms with Gasteiger partial charge < -0.3 is 4.74 Å². The van der Waals surface area contributed by atoms with Crippen molar-refractivity contribution in [1.29, 1.82) is 0 Å². The highest BCUT2D eigenvalue weighted by Gasteiger charge is 2.29. The number of likely N-dealkylation sites (N-methyl/N-ethyl adjacent to an activating group) is 1. The van der Waals surface area contributed by atoms with Gasteiger partial charge in [-0.3, -0.25) is 14.6 Å². The van der Waals surface area contributed by atoms with Gasteiger partial charge in [-0.25, -0.2) is 0 Å². The van der Waals surface area contributed by atoms with Crippen molar-refractivity contribution in [2.45, 2.75) is 32.3 Å². The van der Waals surface area contributed by atoms with Crippen molar-refractivity contribution in [1.82, 2.24) is 9.80 Å². The third kappa shape index (κ3) is 7.91. The van der Waals surface area contributed by atoms with E-state index in [9.17, 15) is 4.79 Å².